The molecule has 3 aromatic rings. The van der Waals surface area contributed by atoms with Crippen LogP contribution in [-0.2, 0) is 0 Å². The largest absolute Gasteiger partial charge is 0.397 e. The van der Waals surface area contributed by atoms with E-state index < -0.39 is 12.0 Å². The van der Waals surface area contributed by atoms with Gasteiger partial charge < -0.3 is 21.9 Å². The molecular weight excluding hydrogens is 397 g/mol. The van der Waals surface area contributed by atoms with Crippen molar-refractivity contribution in [1.29, 1.82) is 0 Å². The Morgan fingerprint density at radius 2 is 2.08 bits per heavy atom. The monoisotopic (exact) mass is 411 g/mol. The molecule has 136 valence electrons. The molecule has 0 saturated carbocycles. The molecular formula is C16H15Cl2N5O2S. The predicted molar refractivity (Wildman–Crippen MR) is 106 cm³/mol. The first-order chi connectivity index (χ1) is 12.3. The van der Waals surface area contributed by atoms with E-state index in [1.807, 2.05) is 0 Å². The number of nitrogen functional groups attached to an aromatic ring is 1. The molecule has 0 radical (unpaired) electrons. The van der Waals surface area contributed by atoms with Crippen LogP contribution in [0.3, 0.4) is 0 Å². The fourth-order valence-corrected chi connectivity index (χ4v) is 3.62. The molecule has 10 heteroatoms. The summed E-state index contributed by atoms with van der Waals surface area (Å²) in [6.07, 6.45) is -0.586. The van der Waals surface area contributed by atoms with Crippen LogP contribution in [0.1, 0.15) is 16.6 Å². The molecule has 0 fully saturated rings. The minimum atomic E-state index is -0.635. The summed E-state index contributed by atoms with van der Waals surface area (Å²) < 4.78 is 0. The molecule has 2 heterocycles. The molecule has 0 saturated heterocycles. The Bertz CT molecular complexity index is 1010. The number of amides is 1. The highest BCUT2D eigenvalue weighted by Crippen LogP contribution is 2.40. The van der Waals surface area contributed by atoms with Gasteiger partial charge in [-0.1, -0.05) is 29.3 Å². The Labute approximate surface area is 163 Å². The van der Waals surface area contributed by atoms with Crippen LogP contribution in [0.15, 0.2) is 18.2 Å². The first-order valence-corrected chi connectivity index (χ1v) is 9.12. The van der Waals surface area contributed by atoms with Crippen molar-refractivity contribution in [1.82, 2.24) is 9.97 Å². The van der Waals surface area contributed by atoms with E-state index >= 15 is 0 Å². The number of carbonyl (C=O) groups is 1. The van der Waals surface area contributed by atoms with Gasteiger partial charge in [-0.3, -0.25) is 4.79 Å². The molecule has 0 aliphatic heterocycles. The summed E-state index contributed by atoms with van der Waals surface area (Å²) in [5.74, 6) is -0.346. The molecule has 6 N–H and O–H groups in total. The van der Waals surface area contributed by atoms with Gasteiger partial charge in [0, 0.05) is 12.1 Å². The van der Waals surface area contributed by atoms with Crippen LogP contribution < -0.4 is 16.8 Å². The number of rotatable bonds is 5. The van der Waals surface area contributed by atoms with Gasteiger partial charge in [-0.25, -0.2) is 9.97 Å². The topological polar surface area (TPSA) is 127 Å². The quantitative estimate of drug-likeness (QED) is 0.510. The average Bonchev–Trinajstić information content (AvgIpc) is 2.92. The maximum atomic E-state index is 11.7. The summed E-state index contributed by atoms with van der Waals surface area (Å²) in [5, 5.41) is 13.7. The average molecular weight is 412 g/mol. The summed E-state index contributed by atoms with van der Waals surface area (Å²) in [7, 11) is 0. The van der Waals surface area contributed by atoms with Crippen molar-refractivity contribution in [2.24, 2.45) is 5.73 Å². The van der Waals surface area contributed by atoms with Gasteiger partial charge in [0.15, 0.2) is 0 Å². The third-order valence-electron chi connectivity index (χ3n) is 3.56. The number of fused-ring (bicyclic) bond motifs is 1. The van der Waals surface area contributed by atoms with E-state index in [1.165, 1.54) is 0 Å². The van der Waals surface area contributed by atoms with Crippen LogP contribution in [-0.4, -0.2) is 33.6 Å². The third-order valence-corrected chi connectivity index (χ3v) is 5.41. The second kappa shape index (κ2) is 7.24. The molecule has 0 bridgehead atoms. The Balaban J connectivity index is 2.25. The van der Waals surface area contributed by atoms with E-state index in [-0.39, 0.29) is 23.1 Å². The van der Waals surface area contributed by atoms with E-state index in [0.717, 1.165) is 11.3 Å². The first-order valence-electron chi connectivity index (χ1n) is 7.55. The fourth-order valence-electron chi connectivity index (χ4n) is 2.38. The van der Waals surface area contributed by atoms with E-state index in [9.17, 15) is 9.90 Å². The van der Waals surface area contributed by atoms with Crippen molar-refractivity contribution in [3.63, 3.8) is 0 Å². The highest BCUT2D eigenvalue weighted by atomic mass is 35.5. The summed E-state index contributed by atoms with van der Waals surface area (Å²) in [6, 6.07) is 5.05. The van der Waals surface area contributed by atoms with Gasteiger partial charge >= 0.3 is 0 Å². The normalized spacial score (nSPS) is 12.3. The van der Waals surface area contributed by atoms with Gasteiger partial charge in [-0.15, -0.1) is 11.3 Å². The number of nitrogens with zero attached hydrogens (tertiary/aromatic N) is 2. The van der Waals surface area contributed by atoms with Crippen molar-refractivity contribution in [3.8, 4) is 11.3 Å². The smallest absolute Gasteiger partial charge is 0.260 e. The van der Waals surface area contributed by atoms with Crippen LogP contribution in [0.25, 0.3) is 21.5 Å². The third kappa shape index (κ3) is 3.54. The first kappa shape index (κ1) is 18.7. The van der Waals surface area contributed by atoms with Gasteiger partial charge in [0.25, 0.3) is 5.91 Å². The molecule has 1 aromatic carbocycles. The number of thiophene rings is 1. The Kier molecular flexibility index (Phi) is 5.19. The fraction of sp³-hybridized carbons (Fsp3) is 0.188. The van der Waals surface area contributed by atoms with Crippen molar-refractivity contribution in [2.75, 3.05) is 17.6 Å². The van der Waals surface area contributed by atoms with Gasteiger partial charge in [-0.05, 0) is 19.1 Å². The second-order valence-corrected chi connectivity index (χ2v) is 7.46. The predicted octanol–water partition coefficient (Wildman–Crippen LogP) is 3.14. The Morgan fingerprint density at radius 1 is 1.35 bits per heavy atom. The number of carbonyl (C=O) groups excluding carboxylic acids is 1. The molecule has 1 amide bonds. The van der Waals surface area contributed by atoms with Crippen LogP contribution in [0.5, 0.6) is 0 Å². The zero-order valence-electron chi connectivity index (χ0n) is 13.6. The second-order valence-electron chi connectivity index (χ2n) is 5.64. The van der Waals surface area contributed by atoms with Crippen LogP contribution >= 0.6 is 34.5 Å². The number of hydrogen-bond donors (Lipinski definition) is 4. The number of primary amides is 1. The Hall–Kier alpha value is -2.13. The molecule has 1 atom stereocenters. The number of nitrogens with two attached hydrogens (primary N) is 2. The number of halogens is 2. The van der Waals surface area contributed by atoms with Crippen LogP contribution in [0, 0.1) is 0 Å². The lowest BCUT2D eigenvalue weighted by Crippen LogP contribution is -2.17. The van der Waals surface area contributed by atoms with E-state index in [1.54, 1.807) is 25.1 Å². The summed E-state index contributed by atoms with van der Waals surface area (Å²) in [6.45, 7) is 1.90. The van der Waals surface area contributed by atoms with Gasteiger partial charge in [0.05, 0.1) is 32.9 Å². The molecule has 3 rings (SSSR count). The van der Waals surface area contributed by atoms with Gasteiger partial charge in [-0.2, -0.15) is 0 Å². The van der Waals surface area contributed by atoms with Gasteiger partial charge in [0.2, 0.25) is 5.95 Å². The van der Waals surface area contributed by atoms with Crippen molar-refractivity contribution in [2.45, 2.75) is 13.0 Å². The van der Waals surface area contributed by atoms with E-state index in [2.05, 4.69) is 15.3 Å². The number of benzene rings is 1. The maximum Gasteiger partial charge on any atom is 0.260 e. The Morgan fingerprint density at radius 3 is 2.69 bits per heavy atom. The van der Waals surface area contributed by atoms with Crippen molar-refractivity contribution < 1.29 is 9.90 Å². The molecule has 0 aliphatic rings. The molecule has 7 nitrogen and oxygen atoms in total. The zero-order chi connectivity index (χ0) is 19.0. The summed E-state index contributed by atoms with van der Waals surface area (Å²) >= 11 is 13.2. The number of aliphatic hydroxyl groups is 1. The number of aliphatic hydroxyl groups excluding tert-OH is 1. The summed E-state index contributed by atoms with van der Waals surface area (Å²) in [5.41, 5.74) is 12.9. The van der Waals surface area contributed by atoms with Crippen molar-refractivity contribution >= 4 is 62.3 Å². The lowest BCUT2D eigenvalue weighted by Gasteiger charge is -2.10. The SMILES string of the molecule is C[C@H](O)CNc1nc(-c2ccc(Cl)c(Cl)c2)c2c(N)c(C(N)=O)sc2n1. The van der Waals surface area contributed by atoms with Crippen molar-refractivity contribution in [3.05, 3.63) is 33.1 Å². The van der Waals surface area contributed by atoms with Crippen LogP contribution in [0.2, 0.25) is 10.0 Å². The van der Waals surface area contributed by atoms with E-state index in [0.29, 0.717) is 31.5 Å². The standard InChI is InChI=1S/C16H15Cl2N5O2S/c1-6(24)5-21-16-22-12(7-2-3-8(17)9(18)4-7)10-11(19)13(14(20)25)26-15(10)23-16/h2-4,6,24H,5,19H2,1H3,(H2,20,25)(H,21,22,23)/t6-/m0/s1. The minimum Gasteiger partial charge on any atom is -0.397 e. The highest BCUT2D eigenvalue weighted by molar-refractivity contribution is 7.21. The molecule has 2 aromatic heterocycles. The summed E-state index contributed by atoms with van der Waals surface area (Å²) in [4.78, 5) is 21.2. The zero-order valence-corrected chi connectivity index (χ0v) is 15.9. The highest BCUT2D eigenvalue weighted by Gasteiger charge is 2.21. The maximum absolute atomic E-state index is 11.7. The minimum absolute atomic E-state index is 0.211. The van der Waals surface area contributed by atoms with E-state index in [4.69, 9.17) is 34.7 Å². The van der Waals surface area contributed by atoms with Crippen LogP contribution in [0.4, 0.5) is 11.6 Å². The molecule has 0 unspecified atom stereocenters. The number of nitrogens with one attached hydrogen (secondary N) is 1. The molecule has 26 heavy (non-hydrogen) atoms. The van der Waals surface area contributed by atoms with Gasteiger partial charge in [0.1, 0.15) is 9.71 Å². The lowest BCUT2D eigenvalue weighted by molar-refractivity contribution is 0.100. The lowest BCUT2D eigenvalue weighted by atomic mass is 10.1. The number of anilines is 2. The number of hydrogen-bond acceptors (Lipinski definition) is 7. The number of aromatic nitrogens is 2. The molecule has 0 aliphatic carbocycles. The molecule has 0 spiro atoms.